The molecule has 0 aliphatic heterocycles. The van der Waals surface area contributed by atoms with Crippen LogP contribution in [0.1, 0.15) is 80.1 Å². The number of aliphatic hydroxyl groups excluding tert-OH is 2. The minimum absolute atomic E-state index is 0.329. The van der Waals surface area contributed by atoms with Crippen molar-refractivity contribution < 1.29 is 10.2 Å². The van der Waals surface area contributed by atoms with E-state index in [1.54, 1.807) is 0 Å². The van der Waals surface area contributed by atoms with Crippen LogP contribution in [0.2, 0.25) is 0 Å². The van der Waals surface area contributed by atoms with Gasteiger partial charge in [0.25, 0.3) is 0 Å². The Morgan fingerprint density at radius 3 is 1.23 bits per heavy atom. The quantitative estimate of drug-likeness (QED) is 0.523. The van der Waals surface area contributed by atoms with Crippen LogP contribution in [0.25, 0.3) is 0 Å². The third-order valence-corrected chi connectivity index (χ3v) is 3.67. The summed E-state index contributed by atoms with van der Waals surface area (Å²) in [6, 6.07) is 0. The summed E-state index contributed by atoms with van der Waals surface area (Å²) in [5.41, 5.74) is 2.78. The van der Waals surface area contributed by atoms with E-state index in [0.717, 1.165) is 25.7 Å². The van der Waals surface area contributed by atoms with E-state index in [0.29, 0.717) is 25.0 Å². The normalized spacial score (nSPS) is 12.7. The monoisotopic (exact) mass is 312 g/mol. The van der Waals surface area contributed by atoms with Crippen molar-refractivity contribution >= 4 is 0 Å². The second-order valence-corrected chi connectivity index (χ2v) is 6.95. The molecule has 0 aromatic carbocycles. The summed E-state index contributed by atoms with van der Waals surface area (Å²) in [6.45, 7) is 13.5. The highest BCUT2D eigenvalue weighted by molar-refractivity contribution is 4.93. The van der Waals surface area contributed by atoms with Crippen LogP contribution in [0, 0.1) is 11.8 Å². The third kappa shape index (κ3) is 21.7. The first-order valence-corrected chi connectivity index (χ1v) is 8.81. The summed E-state index contributed by atoms with van der Waals surface area (Å²) < 4.78 is 0. The van der Waals surface area contributed by atoms with Gasteiger partial charge in [-0.3, -0.25) is 0 Å². The lowest BCUT2D eigenvalue weighted by atomic mass is 10.0. The van der Waals surface area contributed by atoms with Gasteiger partial charge in [0.05, 0.1) is 0 Å². The third-order valence-electron chi connectivity index (χ3n) is 3.67. The Hall–Kier alpha value is -0.600. The van der Waals surface area contributed by atoms with E-state index >= 15 is 0 Å². The van der Waals surface area contributed by atoms with Gasteiger partial charge in [-0.2, -0.15) is 0 Å². The molecule has 0 spiro atoms. The summed E-state index contributed by atoms with van der Waals surface area (Å²) in [6.07, 6.45) is 11.1. The molecule has 0 radical (unpaired) electrons. The van der Waals surface area contributed by atoms with Crippen molar-refractivity contribution in [2.75, 3.05) is 13.2 Å². The van der Waals surface area contributed by atoms with Crippen LogP contribution in [0.4, 0.5) is 0 Å². The highest BCUT2D eigenvalue weighted by atomic mass is 16.3. The topological polar surface area (TPSA) is 40.5 Å². The molecule has 0 unspecified atom stereocenters. The van der Waals surface area contributed by atoms with Crippen molar-refractivity contribution in [3.8, 4) is 0 Å². The molecule has 0 bridgehead atoms. The van der Waals surface area contributed by atoms with Gasteiger partial charge >= 0.3 is 0 Å². The summed E-state index contributed by atoms with van der Waals surface area (Å²) in [7, 11) is 0. The maximum atomic E-state index is 8.63. The molecule has 0 fully saturated rings. The van der Waals surface area contributed by atoms with Gasteiger partial charge in [-0.25, -0.2) is 0 Å². The van der Waals surface area contributed by atoms with E-state index in [1.807, 2.05) is 0 Å². The molecule has 0 aromatic rings. The van der Waals surface area contributed by atoms with Crippen molar-refractivity contribution in [1.82, 2.24) is 0 Å². The molecular weight excluding hydrogens is 272 g/mol. The van der Waals surface area contributed by atoms with Gasteiger partial charge < -0.3 is 10.2 Å². The van der Waals surface area contributed by atoms with Gasteiger partial charge in [0.2, 0.25) is 0 Å². The van der Waals surface area contributed by atoms with Gasteiger partial charge in [-0.05, 0) is 78.1 Å². The Morgan fingerprint density at radius 2 is 1.00 bits per heavy atom. The van der Waals surface area contributed by atoms with Gasteiger partial charge in [0.1, 0.15) is 0 Å². The Bertz CT molecular complexity index is 254. The number of allylic oxidation sites excluding steroid dienone is 4. The molecule has 0 amide bonds. The SMILES string of the molecule is CC(C)=CCC[C@@H](C)CCO.CC(C)=CCC[C@H](C)CCO. The van der Waals surface area contributed by atoms with Crippen molar-refractivity contribution in [3.05, 3.63) is 23.3 Å². The van der Waals surface area contributed by atoms with Gasteiger partial charge in [0, 0.05) is 13.2 Å². The predicted molar refractivity (Wildman–Crippen MR) is 99.1 cm³/mol. The molecule has 0 rings (SSSR count). The van der Waals surface area contributed by atoms with Crippen molar-refractivity contribution in [1.29, 1.82) is 0 Å². The van der Waals surface area contributed by atoms with Crippen LogP contribution < -0.4 is 0 Å². The highest BCUT2D eigenvalue weighted by Crippen LogP contribution is 2.11. The van der Waals surface area contributed by atoms with Crippen LogP contribution in [-0.2, 0) is 0 Å². The molecule has 0 aliphatic rings. The van der Waals surface area contributed by atoms with Crippen molar-refractivity contribution in [3.63, 3.8) is 0 Å². The molecule has 132 valence electrons. The first-order chi connectivity index (χ1) is 10.3. The standard InChI is InChI=1S/2C10H20O/c2*1-9(2)5-4-6-10(3)7-8-11/h2*5,10-11H,4,6-8H2,1-3H3/t2*10-/m10/s1. The summed E-state index contributed by atoms with van der Waals surface area (Å²) in [5, 5.41) is 17.3. The highest BCUT2D eigenvalue weighted by Gasteiger charge is 1.99. The lowest BCUT2D eigenvalue weighted by Gasteiger charge is -2.06. The maximum Gasteiger partial charge on any atom is 0.0433 e. The van der Waals surface area contributed by atoms with E-state index in [2.05, 4.69) is 53.7 Å². The molecule has 0 heterocycles. The fourth-order valence-electron chi connectivity index (χ4n) is 2.04. The van der Waals surface area contributed by atoms with E-state index in [1.165, 1.54) is 24.0 Å². The largest absolute Gasteiger partial charge is 0.396 e. The molecule has 0 aliphatic carbocycles. The van der Waals surface area contributed by atoms with Gasteiger partial charge in [-0.15, -0.1) is 0 Å². The smallest absolute Gasteiger partial charge is 0.0433 e. The first kappa shape index (κ1) is 23.7. The molecule has 2 nitrogen and oxygen atoms in total. The molecule has 0 saturated carbocycles. The van der Waals surface area contributed by atoms with E-state index in [4.69, 9.17) is 10.2 Å². The van der Waals surface area contributed by atoms with E-state index in [9.17, 15) is 0 Å². The molecule has 2 N–H and O–H groups in total. The number of aliphatic hydroxyl groups is 2. The Balaban J connectivity index is 0. The Labute approximate surface area is 139 Å². The lowest BCUT2D eigenvalue weighted by Crippen LogP contribution is -1.96. The predicted octanol–water partition coefficient (Wildman–Crippen LogP) is 5.50. The minimum atomic E-state index is 0.329. The molecular formula is C20H40O2. The summed E-state index contributed by atoms with van der Waals surface area (Å²) in [5.74, 6) is 1.33. The zero-order chi connectivity index (χ0) is 17.4. The number of hydrogen-bond acceptors (Lipinski definition) is 2. The fourth-order valence-corrected chi connectivity index (χ4v) is 2.04. The number of rotatable bonds is 10. The average molecular weight is 313 g/mol. The second kappa shape index (κ2) is 16.8. The van der Waals surface area contributed by atoms with Gasteiger partial charge in [0.15, 0.2) is 0 Å². The molecule has 2 atom stereocenters. The summed E-state index contributed by atoms with van der Waals surface area (Å²) >= 11 is 0. The van der Waals surface area contributed by atoms with E-state index < -0.39 is 0 Å². The lowest BCUT2D eigenvalue weighted by molar-refractivity contribution is 0.258. The number of hydrogen-bond donors (Lipinski definition) is 2. The fraction of sp³-hybridized carbons (Fsp3) is 0.800. The zero-order valence-corrected chi connectivity index (χ0v) is 15.9. The summed E-state index contributed by atoms with van der Waals surface area (Å²) in [4.78, 5) is 0. The first-order valence-electron chi connectivity index (χ1n) is 8.81. The van der Waals surface area contributed by atoms with E-state index in [-0.39, 0.29) is 0 Å². The van der Waals surface area contributed by atoms with Crippen LogP contribution >= 0.6 is 0 Å². The molecule has 2 heteroatoms. The molecule has 22 heavy (non-hydrogen) atoms. The molecule has 0 aromatic heterocycles. The van der Waals surface area contributed by atoms with Gasteiger partial charge in [-0.1, -0.05) is 37.1 Å². The van der Waals surface area contributed by atoms with Crippen LogP contribution in [-0.4, -0.2) is 23.4 Å². The Kier molecular flexibility index (Phi) is 18.0. The Morgan fingerprint density at radius 1 is 0.682 bits per heavy atom. The second-order valence-electron chi connectivity index (χ2n) is 6.95. The zero-order valence-electron chi connectivity index (χ0n) is 15.9. The molecule has 0 saturated heterocycles. The average Bonchev–Trinajstić information content (AvgIpc) is 2.39. The van der Waals surface area contributed by atoms with Crippen LogP contribution in [0.5, 0.6) is 0 Å². The van der Waals surface area contributed by atoms with Crippen LogP contribution in [0.15, 0.2) is 23.3 Å². The minimum Gasteiger partial charge on any atom is -0.396 e. The van der Waals surface area contributed by atoms with Crippen molar-refractivity contribution in [2.24, 2.45) is 11.8 Å². The van der Waals surface area contributed by atoms with Crippen molar-refractivity contribution in [2.45, 2.75) is 80.1 Å². The maximum absolute atomic E-state index is 8.63. The van der Waals surface area contributed by atoms with Crippen LogP contribution in [0.3, 0.4) is 0 Å².